The van der Waals surface area contributed by atoms with Crippen molar-refractivity contribution in [1.29, 1.82) is 0 Å². The molecule has 1 N–H and O–H groups in total. The monoisotopic (exact) mass is 352 g/mol. The van der Waals surface area contributed by atoms with E-state index in [9.17, 15) is 4.79 Å². The highest BCUT2D eigenvalue weighted by atomic mass is 79.9. The summed E-state index contributed by atoms with van der Waals surface area (Å²) < 4.78 is 0.758. The van der Waals surface area contributed by atoms with E-state index >= 15 is 0 Å². The molecule has 1 amide bonds. The molecule has 0 radical (unpaired) electrons. The Hall–Kier alpha value is -0.290. The number of nitrogens with one attached hydrogen (secondary N) is 1. The Kier molecular flexibility index (Phi) is 5.92. The van der Waals surface area contributed by atoms with Crippen LogP contribution >= 0.6 is 39.9 Å². The van der Waals surface area contributed by atoms with Crippen molar-refractivity contribution in [3.05, 3.63) is 33.3 Å². The zero-order valence-corrected chi connectivity index (χ0v) is 13.1. The molecule has 1 aliphatic heterocycles. The van der Waals surface area contributed by atoms with Gasteiger partial charge in [0.1, 0.15) is 0 Å². The molecule has 0 saturated carbocycles. The van der Waals surface area contributed by atoms with E-state index in [1.54, 1.807) is 6.07 Å². The van der Waals surface area contributed by atoms with Crippen molar-refractivity contribution in [2.75, 3.05) is 19.6 Å². The maximum Gasteiger partial charge on any atom is 0.255 e. The van der Waals surface area contributed by atoms with Gasteiger partial charge in [0, 0.05) is 30.1 Å². The highest BCUT2D eigenvalue weighted by Gasteiger charge is 2.23. The quantitative estimate of drug-likeness (QED) is 0.841. The molecule has 100 valence electrons. The molecule has 1 aromatic carbocycles. The zero-order chi connectivity index (χ0) is 12.4. The lowest BCUT2D eigenvalue weighted by molar-refractivity contribution is 0.0709. The van der Waals surface area contributed by atoms with E-state index in [0.29, 0.717) is 16.6 Å². The molecule has 0 bridgehead atoms. The molecule has 0 unspecified atom stereocenters. The Labute approximate surface area is 126 Å². The molecule has 1 aliphatic rings. The number of carbonyl (C=O) groups excluding carboxylic acids is 1. The number of rotatable bonds is 1. The van der Waals surface area contributed by atoms with Crippen LogP contribution in [0.2, 0.25) is 5.02 Å². The molecule has 1 saturated heterocycles. The second kappa shape index (κ2) is 6.75. The predicted octanol–water partition coefficient (Wildman–Crippen LogP) is 2.96. The first-order valence-electron chi connectivity index (χ1n) is 5.56. The van der Waals surface area contributed by atoms with Gasteiger partial charge in [0.2, 0.25) is 0 Å². The predicted molar refractivity (Wildman–Crippen MR) is 79.8 cm³/mol. The fraction of sp³-hybridized carbons (Fsp3) is 0.417. The summed E-state index contributed by atoms with van der Waals surface area (Å²) in [6, 6.07) is 5.76. The van der Waals surface area contributed by atoms with Crippen LogP contribution in [0.3, 0.4) is 0 Å². The number of amides is 1. The summed E-state index contributed by atoms with van der Waals surface area (Å²) in [6.07, 6.45) is 0. The van der Waals surface area contributed by atoms with Crippen molar-refractivity contribution in [1.82, 2.24) is 10.2 Å². The third-order valence-corrected chi connectivity index (χ3v) is 4.13. The lowest BCUT2D eigenvalue weighted by atomic mass is 10.1. The van der Waals surface area contributed by atoms with Crippen LogP contribution in [0, 0.1) is 0 Å². The second-order valence-electron chi connectivity index (χ2n) is 4.21. The van der Waals surface area contributed by atoms with Crippen LogP contribution in [-0.4, -0.2) is 36.5 Å². The molecule has 2 rings (SSSR count). The number of halogens is 3. The van der Waals surface area contributed by atoms with Gasteiger partial charge in [0.15, 0.2) is 0 Å². The SMILES string of the molecule is C[C@@H]1CN(C(=O)c2cccc(Br)c2Cl)CCN1.Cl. The topological polar surface area (TPSA) is 32.3 Å². The van der Waals surface area contributed by atoms with E-state index in [1.165, 1.54) is 0 Å². The molecule has 1 fully saturated rings. The minimum atomic E-state index is 0. The third-order valence-electron chi connectivity index (χ3n) is 2.84. The van der Waals surface area contributed by atoms with E-state index in [-0.39, 0.29) is 18.3 Å². The van der Waals surface area contributed by atoms with Gasteiger partial charge in [-0.25, -0.2) is 0 Å². The largest absolute Gasteiger partial charge is 0.336 e. The molecule has 0 aliphatic carbocycles. The Balaban J connectivity index is 0.00000162. The first-order chi connectivity index (χ1) is 8.09. The van der Waals surface area contributed by atoms with Crippen LogP contribution in [0.25, 0.3) is 0 Å². The van der Waals surface area contributed by atoms with Gasteiger partial charge < -0.3 is 10.2 Å². The molecular weight excluding hydrogens is 339 g/mol. The fourth-order valence-corrected chi connectivity index (χ4v) is 2.53. The van der Waals surface area contributed by atoms with E-state index in [4.69, 9.17) is 11.6 Å². The number of carbonyl (C=O) groups is 1. The van der Waals surface area contributed by atoms with E-state index < -0.39 is 0 Å². The van der Waals surface area contributed by atoms with E-state index in [0.717, 1.165) is 24.1 Å². The lowest BCUT2D eigenvalue weighted by Crippen LogP contribution is -2.51. The molecule has 3 nitrogen and oxygen atoms in total. The minimum absolute atomic E-state index is 0. The number of hydrogen-bond acceptors (Lipinski definition) is 2. The first-order valence-corrected chi connectivity index (χ1v) is 6.73. The Morgan fingerprint density at radius 1 is 1.56 bits per heavy atom. The summed E-state index contributed by atoms with van der Waals surface area (Å²) in [4.78, 5) is 14.2. The molecule has 6 heteroatoms. The fourth-order valence-electron chi connectivity index (χ4n) is 1.96. The standard InChI is InChI=1S/C12H14BrClN2O.ClH/c1-8-7-16(6-5-15-8)12(17)9-3-2-4-10(13)11(9)14;/h2-4,8,15H,5-7H2,1H3;1H/t8-;/m1./s1. The number of piperazine rings is 1. The molecule has 0 spiro atoms. The van der Waals surface area contributed by atoms with Gasteiger partial charge in [0.25, 0.3) is 5.91 Å². The van der Waals surface area contributed by atoms with Gasteiger partial charge in [0.05, 0.1) is 10.6 Å². The van der Waals surface area contributed by atoms with Crippen LogP contribution in [0.15, 0.2) is 22.7 Å². The Morgan fingerprint density at radius 3 is 2.94 bits per heavy atom. The summed E-state index contributed by atoms with van der Waals surface area (Å²) in [6.45, 7) is 4.36. The Bertz CT molecular complexity index is 442. The van der Waals surface area contributed by atoms with Crippen LogP contribution in [0.4, 0.5) is 0 Å². The van der Waals surface area contributed by atoms with Crippen molar-refractivity contribution in [2.45, 2.75) is 13.0 Å². The van der Waals surface area contributed by atoms with Gasteiger partial charge in [-0.1, -0.05) is 17.7 Å². The van der Waals surface area contributed by atoms with Crippen LogP contribution in [0.5, 0.6) is 0 Å². The minimum Gasteiger partial charge on any atom is -0.336 e. The van der Waals surface area contributed by atoms with Crippen molar-refractivity contribution in [3.8, 4) is 0 Å². The molecule has 1 heterocycles. The van der Waals surface area contributed by atoms with Crippen molar-refractivity contribution in [3.63, 3.8) is 0 Å². The van der Waals surface area contributed by atoms with E-state index in [2.05, 4.69) is 28.2 Å². The van der Waals surface area contributed by atoms with Gasteiger partial charge in [-0.2, -0.15) is 0 Å². The molecule has 1 atom stereocenters. The number of benzene rings is 1. The van der Waals surface area contributed by atoms with Crippen molar-refractivity contribution >= 4 is 45.8 Å². The third kappa shape index (κ3) is 3.38. The first kappa shape index (κ1) is 15.8. The van der Waals surface area contributed by atoms with Gasteiger partial charge >= 0.3 is 0 Å². The Morgan fingerprint density at radius 2 is 2.28 bits per heavy atom. The lowest BCUT2D eigenvalue weighted by Gasteiger charge is -2.32. The summed E-state index contributed by atoms with van der Waals surface area (Å²) in [5.41, 5.74) is 0.565. The van der Waals surface area contributed by atoms with Gasteiger partial charge in [-0.15, -0.1) is 12.4 Å². The van der Waals surface area contributed by atoms with E-state index in [1.807, 2.05) is 17.0 Å². The smallest absolute Gasteiger partial charge is 0.255 e. The second-order valence-corrected chi connectivity index (χ2v) is 5.44. The molecular formula is C12H15BrCl2N2O. The normalized spacial score (nSPS) is 19.3. The molecule has 0 aromatic heterocycles. The number of nitrogens with zero attached hydrogens (tertiary/aromatic N) is 1. The van der Waals surface area contributed by atoms with Crippen LogP contribution in [0.1, 0.15) is 17.3 Å². The maximum absolute atomic E-state index is 12.3. The average molecular weight is 354 g/mol. The summed E-state index contributed by atoms with van der Waals surface area (Å²) >= 11 is 9.47. The summed E-state index contributed by atoms with van der Waals surface area (Å²) in [5, 5.41) is 3.80. The van der Waals surface area contributed by atoms with Crippen molar-refractivity contribution in [2.24, 2.45) is 0 Å². The average Bonchev–Trinajstić information content (AvgIpc) is 2.32. The van der Waals surface area contributed by atoms with Crippen molar-refractivity contribution < 1.29 is 4.79 Å². The summed E-state index contributed by atoms with van der Waals surface area (Å²) in [5.74, 6) is 0.00431. The van der Waals surface area contributed by atoms with Gasteiger partial charge in [-0.3, -0.25) is 4.79 Å². The number of hydrogen-bond donors (Lipinski definition) is 1. The molecule has 18 heavy (non-hydrogen) atoms. The molecule has 1 aromatic rings. The zero-order valence-electron chi connectivity index (χ0n) is 9.95. The maximum atomic E-state index is 12.3. The highest BCUT2D eigenvalue weighted by Crippen LogP contribution is 2.27. The van der Waals surface area contributed by atoms with Crippen LogP contribution in [-0.2, 0) is 0 Å². The summed E-state index contributed by atoms with van der Waals surface area (Å²) in [7, 11) is 0. The highest BCUT2D eigenvalue weighted by molar-refractivity contribution is 9.10. The van der Waals surface area contributed by atoms with Crippen LogP contribution < -0.4 is 5.32 Å². The van der Waals surface area contributed by atoms with Gasteiger partial charge in [-0.05, 0) is 35.0 Å².